The van der Waals surface area contributed by atoms with E-state index >= 15 is 0 Å². The van der Waals surface area contributed by atoms with Crippen LogP contribution in [0, 0.1) is 12.8 Å². The smallest absolute Gasteiger partial charge is 0.264 e. The molecule has 2 heterocycles. The second kappa shape index (κ2) is 6.30. The fourth-order valence-corrected chi connectivity index (χ4v) is 4.48. The quantitative estimate of drug-likeness (QED) is 0.685. The summed E-state index contributed by atoms with van der Waals surface area (Å²) in [5.41, 5.74) is 2.20. The maximum atomic E-state index is 12.9. The van der Waals surface area contributed by atoms with Gasteiger partial charge in [0.1, 0.15) is 4.83 Å². The van der Waals surface area contributed by atoms with Gasteiger partial charge in [0.25, 0.3) is 5.91 Å². The summed E-state index contributed by atoms with van der Waals surface area (Å²) in [4.78, 5) is 16.7. The Kier molecular flexibility index (Phi) is 4.12. The SMILES string of the molecule is Cc1nn(Cc2ccccc2)c2sc(C(=O)N(C)C(C)C3CC3)cc12. The lowest BCUT2D eigenvalue weighted by molar-refractivity contribution is 0.0732. The lowest BCUT2D eigenvalue weighted by atomic mass is 10.2. The number of aromatic nitrogens is 2. The van der Waals surface area contributed by atoms with Crippen molar-refractivity contribution >= 4 is 27.5 Å². The maximum absolute atomic E-state index is 12.9. The summed E-state index contributed by atoms with van der Waals surface area (Å²) in [6.07, 6.45) is 2.49. The number of rotatable bonds is 5. The number of hydrogen-bond donors (Lipinski definition) is 0. The van der Waals surface area contributed by atoms with Gasteiger partial charge in [-0.25, -0.2) is 0 Å². The molecule has 1 atom stereocenters. The molecular formula is C20H23N3OS. The molecule has 1 aliphatic carbocycles. The van der Waals surface area contributed by atoms with Gasteiger partial charge in [0.15, 0.2) is 0 Å². The second-order valence-electron chi connectivity index (χ2n) is 7.05. The van der Waals surface area contributed by atoms with Gasteiger partial charge in [0, 0.05) is 18.5 Å². The Hall–Kier alpha value is -2.14. The van der Waals surface area contributed by atoms with E-state index in [2.05, 4.69) is 24.2 Å². The largest absolute Gasteiger partial charge is 0.338 e. The van der Waals surface area contributed by atoms with Gasteiger partial charge < -0.3 is 4.90 Å². The van der Waals surface area contributed by atoms with Crippen LogP contribution in [0.15, 0.2) is 36.4 Å². The summed E-state index contributed by atoms with van der Waals surface area (Å²) < 4.78 is 2.02. The normalized spacial score (nSPS) is 15.5. The van der Waals surface area contributed by atoms with Crippen LogP contribution >= 0.6 is 11.3 Å². The summed E-state index contributed by atoms with van der Waals surface area (Å²) in [5.74, 6) is 0.810. The number of carbonyl (C=O) groups excluding carboxylic acids is 1. The van der Waals surface area contributed by atoms with Crippen molar-refractivity contribution in [3.8, 4) is 0 Å². The summed E-state index contributed by atoms with van der Waals surface area (Å²) in [6.45, 7) is 4.90. The zero-order chi connectivity index (χ0) is 17.6. The number of amides is 1. The molecule has 0 radical (unpaired) electrons. The minimum atomic E-state index is 0.131. The molecule has 3 aromatic rings. The average Bonchev–Trinajstić information content (AvgIpc) is 3.31. The summed E-state index contributed by atoms with van der Waals surface area (Å²) >= 11 is 1.56. The Balaban J connectivity index is 1.63. The zero-order valence-corrected chi connectivity index (χ0v) is 15.7. The van der Waals surface area contributed by atoms with Crippen molar-refractivity contribution in [3.05, 3.63) is 52.5 Å². The van der Waals surface area contributed by atoms with E-state index in [-0.39, 0.29) is 5.91 Å². The molecule has 2 aromatic heterocycles. The third-order valence-corrected chi connectivity index (χ3v) is 6.37. The Morgan fingerprint density at radius 3 is 2.76 bits per heavy atom. The van der Waals surface area contributed by atoms with Gasteiger partial charge >= 0.3 is 0 Å². The molecule has 25 heavy (non-hydrogen) atoms. The van der Waals surface area contributed by atoms with Gasteiger partial charge in [0.2, 0.25) is 0 Å². The van der Waals surface area contributed by atoms with Crippen molar-refractivity contribution in [1.29, 1.82) is 0 Å². The first-order valence-electron chi connectivity index (χ1n) is 8.82. The predicted octanol–water partition coefficient (Wildman–Crippen LogP) is 4.33. The highest BCUT2D eigenvalue weighted by Gasteiger charge is 2.33. The number of carbonyl (C=O) groups is 1. The summed E-state index contributed by atoms with van der Waals surface area (Å²) in [5, 5.41) is 5.76. The van der Waals surface area contributed by atoms with Gasteiger partial charge in [-0.15, -0.1) is 11.3 Å². The molecule has 1 amide bonds. The first kappa shape index (κ1) is 16.3. The predicted molar refractivity (Wildman–Crippen MR) is 102 cm³/mol. The molecule has 0 N–H and O–H groups in total. The third kappa shape index (κ3) is 3.09. The molecule has 1 saturated carbocycles. The Labute approximate surface area is 152 Å². The van der Waals surface area contributed by atoms with Gasteiger partial charge in [-0.1, -0.05) is 30.3 Å². The van der Waals surface area contributed by atoms with Crippen molar-refractivity contribution in [2.24, 2.45) is 5.92 Å². The standard InChI is InChI=1S/C20H23N3OS/c1-13-17-11-18(19(24)22(3)14(2)16-9-10-16)25-20(17)23(21-13)12-15-7-5-4-6-8-15/h4-8,11,14,16H,9-10,12H2,1-3H3. The van der Waals surface area contributed by atoms with Crippen LogP contribution in [0.2, 0.25) is 0 Å². The van der Waals surface area contributed by atoms with E-state index in [4.69, 9.17) is 0 Å². The number of benzene rings is 1. The summed E-state index contributed by atoms with van der Waals surface area (Å²) in [6, 6.07) is 12.6. The molecule has 1 fully saturated rings. The van der Waals surface area contributed by atoms with E-state index in [0.717, 1.165) is 27.3 Å². The maximum Gasteiger partial charge on any atom is 0.264 e. The minimum absolute atomic E-state index is 0.131. The van der Waals surface area contributed by atoms with Crippen LogP contribution in [0.1, 0.15) is 40.7 Å². The first-order chi connectivity index (χ1) is 12.0. The number of nitrogens with zero attached hydrogens (tertiary/aromatic N) is 3. The molecule has 130 valence electrons. The van der Waals surface area contributed by atoms with Crippen LogP contribution in [0.3, 0.4) is 0 Å². The monoisotopic (exact) mass is 353 g/mol. The van der Waals surface area contributed by atoms with Gasteiger partial charge in [-0.2, -0.15) is 5.10 Å². The van der Waals surface area contributed by atoms with Crippen molar-refractivity contribution in [1.82, 2.24) is 14.7 Å². The van der Waals surface area contributed by atoms with E-state index in [0.29, 0.717) is 12.0 Å². The molecule has 0 saturated heterocycles. The van der Waals surface area contributed by atoms with Crippen LogP contribution in [0.5, 0.6) is 0 Å². The van der Waals surface area contributed by atoms with E-state index < -0.39 is 0 Å². The fraction of sp³-hybridized carbons (Fsp3) is 0.400. The third-order valence-electron chi connectivity index (χ3n) is 5.23. The van der Waals surface area contributed by atoms with Gasteiger partial charge in [-0.05, 0) is 44.2 Å². The molecule has 0 bridgehead atoms. The lowest BCUT2D eigenvalue weighted by Gasteiger charge is -2.24. The molecule has 1 aromatic carbocycles. The Morgan fingerprint density at radius 1 is 1.36 bits per heavy atom. The molecule has 0 spiro atoms. The molecule has 1 aliphatic rings. The van der Waals surface area contributed by atoms with Gasteiger partial charge in [-0.3, -0.25) is 9.48 Å². The van der Waals surface area contributed by atoms with Gasteiger partial charge in [0.05, 0.1) is 17.1 Å². The summed E-state index contributed by atoms with van der Waals surface area (Å²) in [7, 11) is 1.93. The van der Waals surface area contributed by atoms with Crippen LogP contribution in [-0.4, -0.2) is 33.7 Å². The van der Waals surface area contributed by atoms with E-state index in [1.165, 1.54) is 18.4 Å². The van der Waals surface area contributed by atoms with Crippen LogP contribution < -0.4 is 0 Å². The fourth-order valence-electron chi connectivity index (χ4n) is 3.34. The molecule has 1 unspecified atom stereocenters. The average molecular weight is 353 g/mol. The van der Waals surface area contributed by atoms with E-state index in [1.807, 2.05) is 47.8 Å². The van der Waals surface area contributed by atoms with Crippen molar-refractivity contribution in [2.75, 3.05) is 7.05 Å². The van der Waals surface area contributed by atoms with Crippen LogP contribution in [0.25, 0.3) is 10.2 Å². The minimum Gasteiger partial charge on any atom is -0.338 e. The molecule has 4 nitrogen and oxygen atoms in total. The highest BCUT2D eigenvalue weighted by molar-refractivity contribution is 7.20. The topological polar surface area (TPSA) is 38.1 Å². The molecule has 5 heteroatoms. The van der Waals surface area contributed by atoms with Crippen molar-refractivity contribution < 1.29 is 4.79 Å². The van der Waals surface area contributed by atoms with Crippen LogP contribution in [-0.2, 0) is 6.54 Å². The Morgan fingerprint density at radius 2 is 2.08 bits per heavy atom. The molecule has 4 rings (SSSR count). The molecular weight excluding hydrogens is 330 g/mol. The lowest BCUT2D eigenvalue weighted by Crippen LogP contribution is -2.35. The number of aryl methyl sites for hydroxylation is 1. The molecule has 0 aliphatic heterocycles. The number of thiophene rings is 1. The number of hydrogen-bond acceptors (Lipinski definition) is 3. The highest BCUT2D eigenvalue weighted by Crippen LogP contribution is 2.36. The van der Waals surface area contributed by atoms with E-state index in [9.17, 15) is 4.79 Å². The van der Waals surface area contributed by atoms with E-state index in [1.54, 1.807) is 11.3 Å². The van der Waals surface area contributed by atoms with Crippen molar-refractivity contribution in [3.63, 3.8) is 0 Å². The van der Waals surface area contributed by atoms with Crippen LogP contribution in [0.4, 0.5) is 0 Å². The first-order valence-corrected chi connectivity index (χ1v) is 9.64. The second-order valence-corrected chi connectivity index (χ2v) is 8.08. The Bertz CT molecular complexity index is 908. The zero-order valence-electron chi connectivity index (χ0n) is 14.9. The van der Waals surface area contributed by atoms with Crippen molar-refractivity contribution in [2.45, 2.75) is 39.3 Å². The number of fused-ring (bicyclic) bond motifs is 1. The highest BCUT2D eigenvalue weighted by atomic mass is 32.1.